The highest BCUT2D eigenvalue weighted by atomic mass is 127. The Kier molecular flexibility index (Phi) is 2.46. The molecule has 3 N–H and O–H groups in total. The van der Waals surface area contributed by atoms with E-state index in [1.807, 2.05) is 0 Å². The Balaban J connectivity index is 3.31. The highest BCUT2D eigenvalue weighted by molar-refractivity contribution is 14.1. The lowest BCUT2D eigenvalue weighted by Crippen LogP contribution is -2.06. The molecule has 0 bridgehead atoms. The zero-order valence-corrected chi connectivity index (χ0v) is 7.87. The van der Waals surface area contributed by atoms with Crippen molar-refractivity contribution in [3.63, 3.8) is 0 Å². The highest BCUT2D eigenvalue weighted by Gasteiger charge is 2.11. The molecule has 0 radical (unpaired) electrons. The van der Waals surface area contributed by atoms with E-state index >= 15 is 0 Å². The molecule has 1 aromatic rings. The number of hydrogen-bond acceptors (Lipinski definition) is 3. The van der Waals surface area contributed by atoms with Gasteiger partial charge in [-0.05, 0) is 28.7 Å². The van der Waals surface area contributed by atoms with E-state index in [4.69, 9.17) is 10.8 Å². The van der Waals surface area contributed by atoms with Crippen LogP contribution in [-0.4, -0.2) is 16.1 Å². The summed E-state index contributed by atoms with van der Waals surface area (Å²) in [6, 6.07) is 0.986. The molecule has 0 spiro atoms. The number of rotatable bonds is 1. The third-order valence-electron chi connectivity index (χ3n) is 1.16. The van der Waals surface area contributed by atoms with Crippen LogP contribution in [0.2, 0.25) is 0 Å². The number of halogens is 2. The first-order chi connectivity index (χ1) is 5.52. The number of carbonyl (C=O) groups is 1. The van der Waals surface area contributed by atoms with Crippen LogP contribution in [0.3, 0.4) is 0 Å². The van der Waals surface area contributed by atoms with E-state index in [1.165, 1.54) is 0 Å². The van der Waals surface area contributed by atoms with Crippen LogP contribution in [0, 0.1) is 9.52 Å². The molecule has 0 saturated carbocycles. The van der Waals surface area contributed by atoms with Crippen LogP contribution in [-0.2, 0) is 0 Å². The number of anilines is 1. The topological polar surface area (TPSA) is 76.2 Å². The molecule has 0 aliphatic carbocycles. The average Bonchev–Trinajstić information content (AvgIpc) is 1.99. The van der Waals surface area contributed by atoms with Crippen molar-refractivity contribution < 1.29 is 14.3 Å². The summed E-state index contributed by atoms with van der Waals surface area (Å²) >= 11 is 1.58. The molecule has 0 unspecified atom stereocenters. The van der Waals surface area contributed by atoms with Gasteiger partial charge in [0.1, 0.15) is 3.70 Å². The largest absolute Gasteiger partial charge is 0.477 e. The van der Waals surface area contributed by atoms with Crippen molar-refractivity contribution in [2.24, 2.45) is 0 Å². The summed E-state index contributed by atoms with van der Waals surface area (Å²) in [7, 11) is 0. The molecule has 4 nitrogen and oxygen atoms in total. The number of nitrogens with zero attached hydrogens (tertiary/aromatic N) is 1. The number of carboxylic acid groups (broad SMARTS) is 1. The summed E-state index contributed by atoms with van der Waals surface area (Å²) in [5, 5.41) is 8.48. The van der Waals surface area contributed by atoms with Crippen molar-refractivity contribution >= 4 is 34.2 Å². The summed E-state index contributed by atoms with van der Waals surface area (Å²) in [6.07, 6.45) is 0. The Bertz CT molecular complexity index is 319. The molecule has 1 aromatic heterocycles. The Labute approximate surface area is 80.7 Å². The van der Waals surface area contributed by atoms with Crippen molar-refractivity contribution in [3.05, 3.63) is 21.3 Å². The van der Waals surface area contributed by atoms with Crippen LogP contribution in [0.1, 0.15) is 10.5 Å². The summed E-state index contributed by atoms with van der Waals surface area (Å²) in [6.45, 7) is 0. The molecule has 0 aliphatic rings. The number of carboxylic acids is 1. The number of nitrogens with two attached hydrogens (primary N) is 1. The van der Waals surface area contributed by atoms with Gasteiger partial charge in [0.2, 0.25) is 0 Å². The third kappa shape index (κ3) is 1.63. The fourth-order valence-corrected chi connectivity index (χ4v) is 1.20. The first kappa shape index (κ1) is 9.17. The predicted molar refractivity (Wildman–Crippen MR) is 48.3 cm³/mol. The van der Waals surface area contributed by atoms with Crippen LogP contribution in [0.25, 0.3) is 0 Å². The fourth-order valence-electron chi connectivity index (χ4n) is 0.626. The van der Waals surface area contributed by atoms with Crippen LogP contribution in [0.4, 0.5) is 10.1 Å². The number of pyridine rings is 1. The molecule has 12 heavy (non-hydrogen) atoms. The van der Waals surface area contributed by atoms with E-state index in [1.54, 1.807) is 22.6 Å². The van der Waals surface area contributed by atoms with Gasteiger partial charge in [0.05, 0.1) is 5.69 Å². The van der Waals surface area contributed by atoms with Crippen LogP contribution in [0.15, 0.2) is 6.07 Å². The lowest BCUT2D eigenvalue weighted by Gasteiger charge is -1.99. The summed E-state index contributed by atoms with van der Waals surface area (Å²) < 4.78 is 12.7. The van der Waals surface area contributed by atoms with Crippen LogP contribution >= 0.6 is 22.6 Å². The van der Waals surface area contributed by atoms with Crippen LogP contribution in [0.5, 0.6) is 0 Å². The van der Waals surface area contributed by atoms with Gasteiger partial charge >= 0.3 is 5.97 Å². The maximum absolute atomic E-state index is 12.8. The van der Waals surface area contributed by atoms with Crippen molar-refractivity contribution in [2.75, 3.05) is 5.73 Å². The lowest BCUT2D eigenvalue weighted by molar-refractivity contribution is 0.0690. The van der Waals surface area contributed by atoms with Gasteiger partial charge in [-0.15, -0.1) is 0 Å². The van der Waals surface area contributed by atoms with Crippen molar-refractivity contribution in [1.82, 2.24) is 4.98 Å². The second kappa shape index (κ2) is 3.21. The van der Waals surface area contributed by atoms with Gasteiger partial charge in [-0.1, -0.05) is 0 Å². The maximum atomic E-state index is 12.8. The minimum absolute atomic E-state index is 0.0370. The Morgan fingerprint density at radius 2 is 2.33 bits per heavy atom. The highest BCUT2D eigenvalue weighted by Crippen LogP contribution is 2.16. The van der Waals surface area contributed by atoms with Gasteiger partial charge in [0, 0.05) is 0 Å². The van der Waals surface area contributed by atoms with Gasteiger partial charge in [0.15, 0.2) is 11.5 Å². The van der Waals surface area contributed by atoms with Crippen LogP contribution < -0.4 is 5.73 Å². The summed E-state index contributed by atoms with van der Waals surface area (Å²) in [5.41, 5.74) is 4.72. The second-order valence-corrected chi connectivity index (χ2v) is 3.03. The Morgan fingerprint density at radius 1 is 1.75 bits per heavy atom. The maximum Gasteiger partial charge on any atom is 0.354 e. The van der Waals surface area contributed by atoms with Gasteiger partial charge in [-0.2, -0.15) is 0 Å². The molecule has 6 heteroatoms. The van der Waals surface area contributed by atoms with E-state index in [-0.39, 0.29) is 15.1 Å². The first-order valence-corrected chi connectivity index (χ1v) is 3.95. The van der Waals surface area contributed by atoms with Crippen molar-refractivity contribution in [2.45, 2.75) is 0 Å². The molecule has 0 atom stereocenters. The predicted octanol–water partition coefficient (Wildman–Crippen LogP) is 1.11. The minimum atomic E-state index is -1.22. The fraction of sp³-hybridized carbons (Fsp3) is 0. The lowest BCUT2D eigenvalue weighted by atomic mass is 10.3. The molecule has 64 valence electrons. The molecule has 0 aromatic carbocycles. The number of hydrogen-bond donors (Lipinski definition) is 2. The molecule has 0 saturated heterocycles. The quantitative estimate of drug-likeness (QED) is 0.597. The van der Waals surface area contributed by atoms with E-state index in [9.17, 15) is 9.18 Å². The average molecular weight is 282 g/mol. The van der Waals surface area contributed by atoms with Gasteiger partial charge in [-0.3, -0.25) is 0 Å². The molecule has 0 aliphatic heterocycles. The van der Waals surface area contributed by atoms with E-state index < -0.39 is 11.8 Å². The smallest absolute Gasteiger partial charge is 0.354 e. The third-order valence-corrected chi connectivity index (χ3v) is 1.88. The molecule has 1 heterocycles. The van der Waals surface area contributed by atoms with Crippen molar-refractivity contribution in [1.29, 1.82) is 0 Å². The van der Waals surface area contributed by atoms with Gasteiger partial charge < -0.3 is 10.8 Å². The summed E-state index contributed by atoms with van der Waals surface area (Å²) in [5.74, 6) is -1.90. The summed E-state index contributed by atoms with van der Waals surface area (Å²) in [4.78, 5) is 13.8. The monoisotopic (exact) mass is 282 g/mol. The van der Waals surface area contributed by atoms with E-state index in [0.717, 1.165) is 6.07 Å². The zero-order valence-electron chi connectivity index (χ0n) is 5.71. The standard InChI is InChI=1S/C6H4FIN2O2/c7-4-2(9)1-3(6(11)12)10-5(4)8/h1H,(H2,9,10)(H,11,12). The SMILES string of the molecule is Nc1cc(C(=O)O)nc(I)c1F. The zero-order chi connectivity index (χ0) is 9.30. The number of nitrogen functional groups attached to an aromatic ring is 1. The molecule has 1 rings (SSSR count). The molecule has 0 amide bonds. The minimum Gasteiger partial charge on any atom is -0.477 e. The van der Waals surface area contributed by atoms with E-state index in [2.05, 4.69) is 4.98 Å². The number of aromatic nitrogens is 1. The van der Waals surface area contributed by atoms with Crippen molar-refractivity contribution in [3.8, 4) is 0 Å². The normalized spacial score (nSPS) is 9.83. The first-order valence-electron chi connectivity index (χ1n) is 2.87. The van der Waals surface area contributed by atoms with Gasteiger partial charge in [0.25, 0.3) is 0 Å². The number of aromatic carboxylic acids is 1. The second-order valence-electron chi connectivity index (χ2n) is 2.01. The van der Waals surface area contributed by atoms with Gasteiger partial charge in [-0.25, -0.2) is 14.2 Å². The molecular formula is C6H4FIN2O2. The molecule has 0 fully saturated rings. The molecular weight excluding hydrogens is 278 g/mol. The van der Waals surface area contributed by atoms with E-state index in [0.29, 0.717) is 0 Å². The Hall–Kier alpha value is -0.920. The Morgan fingerprint density at radius 3 is 2.75 bits per heavy atom.